The lowest BCUT2D eigenvalue weighted by atomic mass is 10.3. The van der Waals surface area contributed by atoms with Crippen LogP contribution in [0, 0.1) is 29.6 Å². The highest BCUT2D eigenvalue weighted by Gasteiger charge is 2.33. The van der Waals surface area contributed by atoms with E-state index in [2.05, 4.69) is 30.6 Å². The third-order valence-electron chi connectivity index (χ3n) is 3.80. The molecule has 0 saturated carbocycles. The van der Waals surface area contributed by atoms with Crippen molar-refractivity contribution in [1.82, 2.24) is 19.2 Å². The third-order valence-corrected chi connectivity index (χ3v) is 5.43. The number of anilines is 2. The van der Waals surface area contributed by atoms with Crippen LogP contribution >= 0.6 is 0 Å². The fourth-order valence-corrected chi connectivity index (χ4v) is 4.02. The number of hydrogen-bond donors (Lipinski definition) is 2. The molecule has 2 aromatic heterocycles. The molecule has 3 heterocycles. The largest absolute Gasteiger partial charge is 0.336 e. The smallest absolute Gasteiger partial charge is 0.287 e. The lowest BCUT2D eigenvalue weighted by Crippen LogP contribution is -2.22. The molecular formula is C15H9N9O2S. The Bertz CT molecular complexity index is 1270. The number of aromatic nitrogens is 4. The molecule has 0 amide bonds. The van der Waals surface area contributed by atoms with Crippen molar-refractivity contribution in [2.24, 2.45) is 10.2 Å². The van der Waals surface area contributed by atoms with E-state index in [0.29, 0.717) is 11.4 Å². The number of fused-ring (bicyclic) bond motifs is 2. The summed E-state index contributed by atoms with van der Waals surface area (Å²) in [7, 11) is -3.86. The molecule has 0 bridgehead atoms. The molecule has 0 fully saturated rings. The van der Waals surface area contributed by atoms with Gasteiger partial charge in [0.2, 0.25) is 5.95 Å². The molecule has 132 valence electrons. The van der Waals surface area contributed by atoms with Crippen molar-refractivity contribution in [3.63, 3.8) is 0 Å². The van der Waals surface area contributed by atoms with E-state index in [0.717, 1.165) is 4.09 Å². The van der Waals surface area contributed by atoms with Crippen molar-refractivity contribution in [2.75, 3.05) is 5.32 Å². The van der Waals surface area contributed by atoms with Gasteiger partial charge in [-0.1, -0.05) is 12.1 Å². The van der Waals surface area contributed by atoms with Crippen LogP contribution in [0.25, 0.3) is 0 Å². The van der Waals surface area contributed by atoms with Crippen LogP contribution in [0.4, 0.5) is 23.1 Å². The van der Waals surface area contributed by atoms with E-state index in [1.807, 2.05) is 0 Å². The Morgan fingerprint density at radius 3 is 2.67 bits per heavy atom. The maximum Gasteiger partial charge on any atom is 0.287 e. The van der Waals surface area contributed by atoms with E-state index in [4.69, 9.17) is 10.5 Å². The molecule has 2 N–H and O–H groups in total. The first-order valence-electron chi connectivity index (χ1n) is 7.49. The lowest BCUT2D eigenvalue weighted by molar-refractivity contribution is 0.579. The Morgan fingerprint density at radius 1 is 1.19 bits per heavy atom. The number of azo groups is 1. The van der Waals surface area contributed by atoms with Crippen LogP contribution < -0.4 is 5.32 Å². The number of para-hydroxylation sites is 1. The fourth-order valence-electron chi connectivity index (χ4n) is 2.58. The summed E-state index contributed by atoms with van der Waals surface area (Å²) in [5.41, 5.74) is 0.786. The molecule has 4 rings (SSSR count). The summed E-state index contributed by atoms with van der Waals surface area (Å²) in [5.74, 6) is 0.0871. The van der Waals surface area contributed by atoms with Gasteiger partial charge in [0, 0.05) is 0 Å². The summed E-state index contributed by atoms with van der Waals surface area (Å²) < 4.78 is 26.4. The van der Waals surface area contributed by atoms with Gasteiger partial charge in [-0.05, 0) is 19.1 Å². The van der Waals surface area contributed by atoms with E-state index in [9.17, 15) is 8.42 Å². The van der Waals surface area contributed by atoms with Crippen LogP contribution in [0.15, 0.2) is 39.4 Å². The van der Waals surface area contributed by atoms with Crippen LogP contribution in [0.2, 0.25) is 0 Å². The highest BCUT2D eigenvalue weighted by atomic mass is 32.2. The monoisotopic (exact) mass is 379 g/mol. The average molecular weight is 379 g/mol. The molecule has 1 aliphatic heterocycles. The maximum atomic E-state index is 12.8. The van der Waals surface area contributed by atoms with Gasteiger partial charge in [0.25, 0.3) is 10.0 Å². The van der Waals surface area contributed by atoms with Gasteiger partial charge in [-0.15, -0.1) is 14.3 Å². The second kappa shape index (κ2) is 5.76. The molecule has 0 atom stereocenters. The van der Waals surface area contributed by atoms with Gasteiger partial charge in [0.15, 0.2) is 22.9 Å². The minimum absolute atomic E-state index is 0.0326. The number of imidazole rings is 1. The third kappa shape index (κ3) is 2.44. The van der Waals surface area contributed by atoms with Crippen LogP contribution in [0.1, 0.15) is 17.1 Å². The summed E-state index contributed by atoms with van der Waals surface area (Å²) in [6.45, 7) is 1.59. The van der Waals surface area contributed by atoms with Gasteiger partial charge < -0.3 is 10.3 Å². The Balaban J connectivity index is 1.80. The highest BCUT2D eigenvalue weighted by Crippen LogP contribution is 2.40. The lowest BCUT2D eigenvalue weighted by Gasteiger charge is -2.19. The van der Waals surface area contributed by atoms with E-state index >= 15 is 0 Å². The zero-order chi connectivity index (χ0) is 19.2. The number of nitrogens with zero attached hydrogens (tertiary/aromatic N) is 7. The SMILES string of the molecule is Cc1nn2c(c1N=Nc1nc(C#N)c(C#N)[nH]1)Nc1ccccc1S2(=O)=O. The molecular weight excluding hydrogens is 370 g/mol. The van der Waals surface area contributed by atoms with E-state index in [1.54, 1.807) is 37.3 Å². The minimum atomic E-state index is -3.86. The molecule has 0 radical (unpaired) electrons. The van der Waals surface area contributed by atoms with Crippen molar-refractivity contribution in [3.05, 3.63) is 41.3 Å². The molecule has 0 unspecified atom stereocenters. The predicted molar refractivity (Wildman–Crippen MR) is 91.5 cm³/mol. The number of nitriles is 2. The summed E-state index contributed by atoms with van der Waals surface area (Å²) in [6.07, 6.45) is 0. The summed E-state index contributed by atoms with van der Waals surface area (Å²) in [5, 5.41) is 32.8. The molecule has 27 heavy (non-hydrogen) atoms. The molecule has 1 aliphatic rings. The van der Waals surface area contributed by atoms with E-state index in [1.165, 1.54) is 6.07 Å². The molecule has 0 spiro atoms. The first-order chi connectivity index (χ1) is 13.0. The number of rotatable bonds is 2. The van der Waals surface area contributed by atoms with Crippen LogP contribution in [0.3, 0.4) is 0 Å². The van der Waals surface area contributed by atoms with Gasteiger partial charge in [-0.3, -0.25) is 0 Å². The summed E-state index contributed by atoms with van der Waals surface area (Å²) in [4.78, 5) is 6.50. The number of nitrogens with one attached hydrogen (secondary N) is 2. The number of hydrogen-bond acceptors (Lipinski definition) is 9. The van der Waals surface area contributed by atoms with Crippen molar-refractivity contribution < 1.29 is 8.42 Å². The van der Waals surface area contributed by atoms with Crippen LogP contribution in [0.5, 0.6) is 0 Å². The molecule has 1 aromatic carbocycles. The topological polar surface area (TPSA) is 165 Å². The Labute approximate surface area is 152 Å². The number of aryl methyl sites for hydroxylation is 1. The summed E-state index contributed by atoms with van der Waals surface area (Å²) in [6, 6.07) is 10.00. The minimum Gasteiger partial charge on any atom is -0.336 e. The molecule has 0 saturated heterocycles. The molecule has 3 aromatic rings. The van der Waals surface area contributed by atoms with Crippen molar-refractivity contribution in [2.45, 2.75) is 11.8 Å². The second-order valence-corrected chi connectivity index (χ2v) is 7.20. The highest BCUT2D eigenvalue weighted by molar-refractivity contribution is 7.90. The van der Waals surface area contributed by atoms with Gasteiger partial charge in [0.05, 0.1) is 11.4 Å². The van der Waals surface area contributed by atoms with Gasteiger partial charge in [0.1, 0.15) is 17.0 Å². The van der Waals surface area contributed by atoms with Crippen LogP contribution in [-0.2, 0) is 10.0 Å². The Hall–Kier alpha value is -4.03. The van der Waals surface area contributed by atoms with Gasteiger partial charge in [-0.2, -0.15) is 29.0 Å². The molecule has 12 heteroatoms. The van der Waals surface area contributed by atoms with Crippen molar-refractivity contribution >= 4 is 33.2 Å². The van der Waals surface area contributed by atoms with Gasteiger partial charge >= 0.3 is 0 Å². The number of benzene rings is 1. The molecule has 11 nitrogen and oxygen atoms in total. The number of aromatic amines is 1. The Kier molecular flexibility index (Phi) is 3.50. The standard InChI is InChI=1S/C15H9N9O2S/c1-8-13(21-22-15-19-10(6-16)11(7-17)20-15)14-18-9-4-2-3-5-12(9)27(25,26)24(14)23-8/h2-5,18H,1H3,(H,19,20). The second-order valence-electron chi connectivity index (χ2n) is 5.46. The Morgan fingerprint density at radius 2 is 1.96 bits per heavy atom. The van der Waals surface area contributed by atoms with Crippen LogP contribution in [-0.4, -0.2) is 27.6 Å². The fraction of sp³-hybridized carbons (Fsp3) is 0.0667. The quantitative estimate of drug-likeness (QED) is 0.504. The molecule has 0 aliphatic carbocycles. The summed E-state index contributed by atoms with van der Waals surface area (Å²) >= 11 is 0. The first kappa shape index (κ1) is 16.4. The average Bonchev–Trinajstić information content (AvgIpc) is 3.21. The van der Waals surface area contributed by atoms with Crippen molar-refractivity contribution in [3.8, 4) is 12.1 Å². The zero-order valence-corrected chi connectivity index (χ0v) is 14.5. The number of H-pyrrole nitrogens is 1. The predicted octanol–water partition coefficient (Wildman–Crippen LogP) is 2.37. The van der Waals surface area contributed by atoms with E-state index < -0.39 is 10.0 Å². The normalized spacial score (nSPS) is 14.0. The van der Waals surface area contributed by atoms with Crippen molar-refractivity contribution in [1.29, 1.82) is 10.5 Å². The van der Waals surface area contributed by atoms with E-state index in [-0.39, 0.29) is 33.7 Å². The van der Waals surface area contributed by atoms with Gasteiger partial charge in [-0.25, -0.2) is 0 Å². The zero-order valence-electron chi connectivity index (χ0n) is 13.7. The first-order valence-corrected chi connectivity index (χ1v) is 8.93. The maximum absolute atomic E-state index is 12.8.